The van der Waals surface area contributed by atoms with Gasteiger partial charge in [0, 0.05) is 24.4 Å². The topological polar surface area (TPSA) is 73.1 Å². The number of hydrogen-bond donors (Lipinski definition) is 2. The maximum Gasteiger partial charge on any atom is 0.222 e. The standard InChI is InChI=1S/C12H22N4O/c1-5-6-17-8(2)7-14-11-9(3)10(4)15-12(13)16-11/h8H,5-7H2,1-4H3,(H3,13,14,15,16)/t8-/m1/s1. The minimum atomic E-state index is 0.158. The predicted molar refractivity (Wildman–Crippen MR) is 70.1 cm³/mol. The SMILES string of the molecule is CCCO[C@H](C)CNc1nc(N)nc(C)c1C. The van der Waals surface area contributed by atoms with E-state index in [4.69, 9.17) is 10.5 Å². The van der Waals surface area contributed by atoms with E-state index in [0.29, 0.717) is 5.95 Å². The monoisotopic (exact) mass is 238 g/mol. The van der Waals surface area contributed by atoms with Crippen molar-refractivity contribution < 1.29 is 4.74 Å². The zero-order valence-corrected chi connectivity index (χ0v) is 11.1. The average Bonchev–Trinajstić information content (AvgIpc) is 2.29. The van der Waals surface area contributed by atoms with Crippen LogP contribution in [0.15, 0.2) is 0 Å². The van der Waals surface area contributed by atoms with E-state index >= 15 is 0 Å². The maximum absolute atomic E-state index is 5.62. The van der Waals surface area contributed by atoms with E-state index in [1.807, 2.05) is 20.8 Å². The van der Waals surface area contributed by atoms with Crippen molar-refractivity contribution in [3.05, 3.63) is 11.3 Å². The highest BCUT2D eigenvalue weighted by atomic mass is 16.5. The Kier molecular flexibility index (Phi) is 5.15. The van der Waals surface area contributed by atoms with Crippen molar-refractivity contribution in [3.63, 3.8) is 0 Å². The number of nitrogen functional groups attached to an aromatic ring is 1. The molecule has 0 aliphatic rings. The van der Waals surface area contributed by atoms with Gasteiger partial charge in [-0.05, 0) is 27.2 Å². The van der Waals surface area contributed by atoms with E-state index in [1.165, 1.54) is 0 Å². The number of rotatable bonds is 6. The van der Waals surface area contributed by atoms with Crippen LogP contribution in [0.5, 0.6) is 0 Å². The van der Waals surface area contributed by atoms with Crippen LogP contribution in [0, 0.1) is 13.8 Å². The van der Waals surface area contributed by atoms with Gasteiger partial charge in [-0.25, -0.2) is 4.98 Å². The predicted octanol–water partition coefficient (Wildman–Crippen LogP) is 1.90. The summed E-state index contributed by atoms with van der Waals surface area (Å²) in [6.45, 7) is 9.54. The highest BCUT2D eigenvalue weighted by molar-refractivity contribution is 5.48. The molecule has 3 N–H and O–H groups in total. The summed E-state index contributed by atoms with van der Waals surface area (Å²) in [4.78, 5) is 8.29. The van der Waals surface area contributed by atoms with Gasteiger partial charge in [-0.15, -0.1) is 0 Å². The van der Waals surface area contributed by atoms with Crippen LogP contribution in [-0.4, -0.2) is 29.2 Å². The van der Waals surface area contributed by atoms with Gasteiger partial charge in [-0.2, -0.15) is 4.98 Å². The van der Waals surface area contributed by atoms with Crippen LogP contribution in [0.25, 0.3) is 0 Å². The van der Waals surface area contributed by atoms with Crippen LogP contribution in [0.1, 0.15) is 31.5 Å². The Bertz CT molecular complexity index is 368. The Morgan fingerprint density at radius 1 is 1.35 bits per heavy atom. The van der Waals surface area contributed by atoms with Gasteiger partial charge in [0.1, 0.15) is 5.82 Å². The van der Waals surface area contributed by atoms with Gasteiger partial charge >= 0.3 is 0 Å². The number of hydrogen-bond acceptors (Lipinski definition) is 5. The van der Waals surface area contributed by atoms with E-state index in [-0.39, 0.29) is 6.10 Å². The third-order valence-electron chi connectivity index (χ3n) is 2.57. The summed E-state index contributed by atoms with van der Waals surface area (Å²) in [6.07, 6.45) is 1.19. The van der Waals surface area contributed by atoms with Gasteiger partial charge in [0.05, 0.1) is 6.10 Å². The van der Waals surface area contributed by atoms with Crippen LogP contribution in [0.2, 0.25) is 0 Å². The number of aromatic nitrogens is 2. The summed E-state index contributed by atoms with van der Waals surface area (Å²) in [5, 5.41) is 3.25. The maximum atomic E-state index is 5.62. The molecule has 1 atom stereocenters. The van der Waals surface area contributed by atoms with E-state index in [1.54, 1.807) is 0 Å². The first-order chi connectivity index (χ1) is 8.04. The van der Waals surface area contributed by atoms with Crippen LogP contribution >= 0.6 is 0 Å². The molecule has 1 aromatic heterocycles. The Labute approximate surface area is 103 Å². The molecule has 17 heavy (non-hydrogen) atoms. The lowest BCUT2D eigenvalue weighted by Gasteiger charge is -2.15. The second-order valence-electron chi connectivity index (χ2n) is 4.20. The second-order valence-corrected chi connectivity index (χ2v) is 4.20. The molecule has 96 valence electrons. The molecule has 5 heteroatoms. The summed E-state index contributed by atoms with van der Waals surface area (Å²) in [5.41, 5.74) is 7.56. The van der Waals surface area contributed by atoms with Crippen LogP contribution in [0.3, 0.4) is 0 Å². The van der Waals surface area contributed by atoms with Crippen molar-refractivity contribution in [1.82, 2.24) is 9.97 Å². The number of nitrogens with two attached hydrogens (primary N) is 1. The fraction of sp³-hybridized carbons (Fsp3) is 0.667. The van der Waals surface area contributed by atoms with Crippen LogP contribution < -0.4 is 11.1 Å². The number of aryl methyl sites for hydroxylation is 1. The molecule has 0 unspecified atom stereocenters. The molecule has 1 aromatic rings. The molecule has 0 aliphatic heterocycles. The quantitative estimate of drug-likeness (QED) is 0.792. The highest BCUT2D eigenvalue weighted by Crippen LogP contribution is 2.15. The Morgan fingerprint density at radius 3 is 2.71 bits per heavy atom. The van der Waals surface area contributed by atoms with E-state index in [0.717, 1.165) is 36.6 Å². The Balaban J connectivity index is 2.57. The fourth-order valence-corrected chi connectivity index (χ4v) is 1.44. The highest BCUT2D eigenvalue weighted by Gasteiger charge is 2.07. The molecule has 0 aromatic carbocycles. The van der Waals surface area contributed by atoms with Crippen LogP contribution in [0.4, 0.5) is 11.8 Å². The third-order valence-corrected chi connectivity index (χ3v) is 2.57. The Hall–Kier alpha value is -1.36. The molecule has 0 fully saturated rings. The minimum absolute atomic E-state index is 0.158. The summed E-state index contributed by atoms with van der Waals surface area (Å²) in [7, 11) is 0. The molecule has 1 heterocycles. The van der Waals surface area contributed by atoms with Crippen molar-refractivity contribution in [2.45, 2.75) is 40.2 Å². The molecule has 0 radical (unpaired) electrons. The lowest BCUT2D eigenvalue weighted by atomic mass is 10.2. The largest absolute Gasteiger partial charge is 0.377 e. The molecule has 0 aliphatic carbocycles. The van der Waals surface area contributed by atoms with Gasteiger partial charge < -0.3 is 15.8 Å². The molecule has 0 spiro atoms. The summed E-state index contributed by atoms with van der Waals surface area (Å²) in [6, 6.07) is 0. The summed E-state index contributed by atoms with van der Waals surface area (Å²) < 4.78 is 5.58. The first-order valence-corrected chi connectivity index (χ1v) is 6.00. The van der Waals surface area contributed by atoms with Crippen LogP contribution in [-0.2, 0) is 4.74 Å². The average molecular weight is 238 g/mol. The zero-order chi connectivity index (χ0) is 12.8. The van der Waals surface area contributed by atoms with Gasteiger partial charge in [0.25, 0.3) is 0 Å². The number of ether oxygens (including phenoxy) is 1. The van der Waals surface area contributed by atoms with Gasteiger partial charge in [-0.1, -0.05) is 6.92 Å². The molecule has 0 amide bonds. The fourth-order valence-electron chi connectivity index (χ4n) is 1.44. The molecular weight excluding hydrogens is 216 g/mol. The van der Waals surface area contributed by atoms with Crippen molar-refractivity contribution in [2.24, 2.45) is 0 Å². The van der Waals surface area contributed by atoms with Crippen molar-refractivity contribution >= 4 is 11.8 Å². The molecule has 5 nitrogen and oxygen atoms in total. The number of anilines is 2. The first-order valence-electron chi connectivity index (χ1n) is 6.00. The van der Waals surface area contributed by atoms with E-state index in [9.17, 15) is 0 Å². The first kappa shape index (κ1) is 13.7. The van der Waals surface area contributed by atoms with Crippen molar-refractivity contribution in [1.29, 1.82) is 0 Å². The normalized spacial score (nSPS) is 12.5. The zero-order valence-electron chi connectivity index (χ0n) is 11.1. The summed E-state index contributed by atoms with van der Waals surface area (Å²) in [5.74, 6) is 1.10. The lowest BCUT2D eigenvalue weighted by Crippen LogP contribution is -2.21. The molecule has 1 rings (SSSR count). The Morgan fingerprint density at radius 2 is 2.06 bits per heavy atom. The minimum Gasteiger partial charge on any atom is -0.377 e. The molecule has 0 saturated carbocycles. The van der Waals surface area contributed by atoms with Crippen molar-refractivity contribution in [2.75, 3.05) is 24.2 Å². The van der Waals surface area contributed by atoms with E-state index in [2.05, 4.69) is 22.2 Å². The lowest BCUT2D eigenvalue weighted by molar-refractivity contribution is 0.0752. The summed E-state index contributed by atoms with van der Waals surface area (Å²) >= 11 is 0. The smallest absolute Gasteiger partial charge is 0.222 e. The van der Waals surface area contributed by atoms with Gasteiger partial charge in [0.2, 0.25) is 5.95 Å². The molecule has 0 saturated heterocycles. The number of nitrogens with one attached hydrogen (secondary N) is 1. The third kappa shape index (κ3) is 4.19. The second kappa shape index (κ2) is 6.39. The van der Waals surface area contributed by atoms with Gasteiger partial charge in [0.15, 0.2) is 0 Å². The molecule has 0 bridgehead atoms. The van der Waals surface area contributed by atoms with E-state index < -0.39 is 0 Å². The van der Waals surface area contributed by atoms with Gasteiger partial charge in [-0.3, -0.25) is 0 Å². The van der Waals surface area contributed by atoms with Crippen molar-refractivity contribution in [3.8, 4) is 0 Å². The molecular formula is C12H22N4O. The number of nitrogens with zero attached hydrogens (tertiary/aromatic N) is 2.